The minimum atomic E-state index is -0.807. The molecular weight excluding hydrogens is 382 g/mol. The molecule has 1 aliphatic rings. The average molecular weight is 398 g/mol. The summed E-state index contributed by atoms with van der Waals surface area (Å²) in [6.07, 6.45) is -0.0299. The molecule has 9 heteroatoms. The third-order valence-electron chi connectivity index (χ3n) is 4.32. The number of hydrogen-bond donors (Lipinski definition) is 2. The van der Waals surface area contributed by atoms with E-state index < -0.39 is 6.04 Å². The summed E-state index contributed by atoms with van der Waals surface area (Å²) in [4.78, 5) is 29.2. The molecule has 0 saturated carbocycles. The molecule has 1 aliphatic heterocycles. The van der Waals surface area contributed by atoms with Crippen molar-refractivity contribution in [2.75, 3.05) is 17.7 Å². The van der Waals surface area contributed by atoms with Crippen LogP contribution in [0.4, 0.5) is 11.6 Å². The van der Waals surface area contributed by atoms with Crippen LogP contribution in [0.15, 0.2) is 48.5 Å². The van der Waals surface area contributed by atoms with E-state index in [0.29, 0.717) is 22.3 Å². The van der Waals surface area contributed by atoms with Crippen molar-refractivity contribution in [2.24, 2.45) is 0 Å². The van der Waals surface area contributed by atoms with Crippen molar-refractivity contribution in [1.82, 2.24) is 14.8 Å². The fraction of sp³-hybridized carbons (Fsp3) is 0.158. The van der Waals surface area contributed by atoms with Gasteiger partial charge in [0.15, 0.2) is 5.82 Å². The van der Waals surface area contributed by atoms with Gasteiger partial charge in [-0.1, -0.05) is 11.6 Å². The maximum Gasteiger partial charge on any atom is 0.249 e. The Morgan fingerprint density at radius 2 is 1.93 bits per heavy atom. The summed E-state index contributed by atoms with van der Waals surface area (Å²) >= 11 is 5.87. The first kappa shape index (κ1) is 18.0. The molecule has 2 N–H and O–H groups in total. The van der Waals surface area contributed by atoms with Gasteiger partial charge in [-0.25, -0.2) is 4.68 Å². The highest BCUT2D eigenvalue weighted by molar-refractivity contribution is 6.30. The molecule has 0 spiro atoms. The maximum absolute atomic E-state index is 12.8. The van der Waals surface area contributed by atoms with E-state index in [1.807, 2.05) is 12.1 Å². The Morgan fingerprint density at radius 3 is 2.61 bits per heavy atom. The van der Waals surface area contributed by atoms with Crippen molar-refractivity contribution in [1.29, 1.82) is 0 Å². The zero-order valence-electron chi connectivity index (χ0n) is 14.8. The topological polar surface area (TPSA) is 98.1 Å². The van der Waals surface area contributed by atoms with E-state index in [1.54, 1.807) is 43.5 Å². The van der Waals surface area contributed by atoms with E-state index in [2.05, 4.69) is 20.7 Å². The van der Waals surface area contributed by atoms with Gasteiger partial charge >= 0.3 is 0 Å². The molecular formula is C19H16ClN5O3. The quantitative estimate of drug-likeness (QED) is 0.704. The number of nitrogens with one attached hydrogen (secondary N) is 2. The molecule has 2 aromatic carbocycles. The van der Waals surface area contributed by atoms with Crippen LogP contribution in [0.25, 0.3) is 11.4 Å². The van der Waals surface area contributed by atoms with Crippen molar-refractivity contribution in [2.45, 2.75) is 12.5 Å². The number of ether oxygens (including phenoxy) is 1. The van der Waals surface area contributed by atoms with E-state index in [-0.39, 0.29) is 24.2 Å². The van der Waals surface area contributed by atoms with Gasteiger partial charge in [-0.3, -0.25) is 14.9 Å². The van der Waals surface area contributed by atoms with Crippen molar-refractivity contribution in [3.05, 3.63) is 53.6 Å². The standard InChI is InChI=1S/C19H16ClN5O3/c1-28-14-8-2-11(3-9-14)17-23-19-22-16(26)10-15(25(19)24-17)18(27)21-13-6-4-12(20)5-7-13/h2-9,15H,10H2,1H3,(H,21,27)(H,22,23,24,26)/t15-/m1/s1. The fourth-order valence-electron chi connectivity index (χ4n) is 2.89. The molecule has 1 aromatic heterocycles. The lowest BCUT2D eigenvalue weighted by Crippen LogP contribution is -2.36. The number of carbonyl (C=O) groups is 2. The number of fused-ring (bicyclic) bond motifs is 1. The van der Waals surface area contributed by atoms with Crippen molar-refractivity contribution < 1.29 is 14.3 Å². The van der Waals surface area contributed by atoms with Crippen LogP contribution in [0.3, 0.4) is 0 Å². The second-order valence-corrected chi connectivity index (χ2v) is 6.63. The summed E-state index contributed by atoms with van der Waals surface area (Å²) in [5.41, 5.74) is 1.33. The number of hydrogen-bond acceptors (Lipinski definition) is 5. The van der Waals surface area contributed by atoms with E-state index in [4.69, 9.17) is 16.3 Å². The van der Waals surface area contributed by atoms with Crippen LogP contribution >= 0.6 is 11.6 Å². The zero-order valence-corrected chi connectivity index (χ0v) is 15.6. The Hall–Kier alpha value is -3.39. The highest BCUT2D eigenvalue weighted by Crippen LogP contribution is 2.28. The lowest BCUT2D eigenvalue weighted by Gasteiger charge is -2.22. The number of aromatic nitrogens is 3. The number of carbonyl (C=O) groups excluding carboxylic acids is 2. The van der Waals surface area contributed by atoms with Crippen LogP contribution in [-0.2, 0) is 9.59 Å². The number of methoxy groups -OCH3 is 1. The highest BCUT2D eigenvalue weighted by Gasteiger charge is 2.33. The van der Waals surface area contributed by atoms with E-state index in [1.165, 1.54) is 4.68 Å². The molecule has 4 rings (SSSR count). The second-order valence-electron chi connectivity index (χ2n) is 6.20. The number of anilines is 2. The van der Waals surface area contributed by atoms with Gasteiger partial charge in [0, 0.05) is 16.3 Å². The number of rotatable bonds is 4. The molecule has 2 amide bonds. The summed E-state index contributed by atoms with van der Waals surface area (Å²) in [5.74, 6) is 0.700. The lowest BCUT2D eigenvalue weighted by molar-refractivity contribution is -0.125. The summed E-state index contributed by atoms with van der Waals surface area (Å²) in [5, 5.41) is 10.4. The van der Waals surface area contributed by atoms with Crippen LogP contribution in [-0.4, -0.2) is 33.7 Å². The molecule has 0 radical (unpaired) electrons. The van der Waals surface area contributed by atoms with Crippen LogP contribution < -0.4 is 15.4 Å². The monoisotopic (exact) mass is 397 g/mol. The van der Waals surface area contributed by atoms with Gasteiger partial charge in [-0.15, -0.1) is 5.10 Å². The lowest BCUT2D eigenvalue weighted by atomic mass is 10.1. The number of amides is 2. The van der Waals surface area contributed by atoms with Crippen LogP contribution in [0.1, 0.15) is 12.5 Å². The number of benzene rings is 2. The molecule has 0 unspecified atom stereocenters. The van der Waals surface area contributed by atoms with Crippen molar-refractivity contribution >= 4 is 35.1 Å². The maximum atomic E-state index is 12.8. The molecule has 28 heavy (non-hydrogen) atoms. The SMILES string of the molecule is COc1ccc(-c2nc3n(n2)[C@@H](C(=O)Nc2ccc(Cl)cc2)CC(=O)N3)cc1. The van der Waals surface area contributed by atoms with Crippen molar-refractivity contribution in [3.8, 4) is 17.1 Å². The van der Waals surface area contributed by atoms with Gasteiger partial charge in [-0.05, 0) is 48.5 Å². The smallest absolute Gasteiger partial charge is 0.249 e. The molecule has 2 heterocycles. The Labute approximate surface area is 165 Å². The Bertz CT molecular complexity index is 1030. The van der Waals surface area contributed by atoms with Gasteiger partial charge in [0.05, 0.1) is 13.5 Å². The second kappa shape index (κ2) is 7.32. The molecule has 0 saturated heterocycles. The first-order valence-electron chi connectivity index (χ1n) is 8.51. The Kier molecular flexibility index (Phi) is 4.70. The average Bonchev–Trinajstić information content (AvgIpc) is 3.13. The molecule has 142 valence electrons. The normalized spacial score (nSPS) is 15.5. The largest absolute Gasteiger partial charge is 0.497 e. The fourth-order valence-corrected chi connectivity index (χ4v) is 3.01. The van der Waals surface area contributed by atoms with Crippen LogP contribution in [0.2, 0.25) is 5.02 Å². The van der Waals surface area contributed by atoms with Crippen molar-refractivity contribution in [3.63, 3.8) is 0 Å². The van der Waals surface area contributed by atoms with Gasteiger partial charge < -0.3 is 10.1 Å². The third-order valence-corrected chi connectivity index (χ3v) is 4.57. The summed E-state index contributed by atoms with van der Waals surface area (Å²) in [6.45, 7) is 0. The third kappa shape index (κ3) is 3.54. The van der Waals surface area contributed by atoms with Gasteiger partial charge in [0.25, 0.3) is 0 Å². The van der Waals surface area contributed by atoms with E-state index >= 15 is 0 Å². The highest BCUT2D eigenvalue weighted by atomic mass is 35.5. The molecule has 3 aromatic rings. The summed E-state index contributed by atoms with van der Waals surface area (Å²) in [6, 6.07) is 13.1. The molecule has 0 aliphatic carbocycles. The predicted octanol–water partition coefficient (Wildman–Crippen LogP) is 3.13. The number of nitrogens with zero attached hydrogens (tertiary/aromatic N) is 3. The zero-order chi connectivity index (χ0) is 19.7. The Morgan fingerprint density at radius 1 is 1.21 bits per heavy atom. The molecule has 0 fully saturated rings. The Balaban J connectivity index is 1.62. The van der Waals surface area contributed by atoms with Gasteiger partial charge in [-0.2, -0.15) is 4.98 Å². The molecule has 0 bridgehead atoms. The minimum Gasteiger partial charge on any atom is -0.497 e. The number of halogens is 1. The molecule has 1 atom stereocenters. The summed E-state index contributed by atoms with van der Waals surface area (Å²) in [7, 11) is 1.59. The van der Waals surface area contributed by atoms with E-state index in [0.717, 1.165) is 5.56 Å². The minimum absolute atomic E-state index is 0.0299. The predicted molar refractivity (Wildman–Crippen MR) is 104 cm³/mol. The first-order valence-corrected chi connectivity index (χ1v) is 8.88. The summed E-state index contributed by atoms with van der Waals surface area (Å²) < 4.78 is 6.59. The first-order chi connectivity index (χ1) is 13.5. The van der Waals surface area contributed by atoms with Crippen LogP contribution in [0, 0.1) is 0 Å². The van der Waals surface area contributed by atoms with Crippen LogP contribution in [0.5, 0.6) is 5.75 Å². The van der Waals surface area contributed by atoms with Gasteiger partial charge in [0.2, 0.25) is 17.8 Å². The molecule has 8 nitrogen and oxygen atoms in total. The van der Waals surface area contributed by atoms with E-state index in [9.17, 15) is 9.59 Å². The van der Waals surface area contributed by atoms with Gasteiger partial charge in [0.1, 0.15) is 11.8 Å².